The van der Waals surface area contributed by atoms with Crippen LogP contribution in [0.15, 0.2) is 18.5 Å². The van der Waals surface area contributed by atoms with Crippen LogP contribution in [0.5, 0.6) is 5.75 Å². The van der Waals surface area contributed by atoms with Gasteiger partial charge in [0.15, 0.2) is 0 Å². The van der Waals surface area contributed by atoms with Gasteiger partial charge in [-0.15, -0.1) is 0 Å². The van der Waals surface area contributed by atoms with Gasteiger partial charge in [0.2, 0.25) is 0 Å². The number of rotatable bonds is 5. The minimum absolute atomic E-state index is 0.161. The Bertz CT molecular complexity index is 407. The number of hydrogen-bond donors (Lipinski definition) is 1. The van der Waals surface area contributed by atoms with Crippen LogP contribution in [-0.4, -0.2) is 16.6 Å². The van der Waals surface area contributed by atoms with E-state index in [-0.39, 0.29) is 5.41 Å². The summed E-state index contributed by atoms with van der Waals surface area (Å²) in [7, 11) is 0. The number of ether oxygens (including phenoxy) is 1. The van der Waals surface area contributed by atoms with Crippen LogP contribution in [0.2, 0.25) is 5.02 Å². The topological polar surface area (TPSA) is 48.1 Å². The van der Waals surface area contributed by atoms with Crippen LogP contribution in [0.25, 0.3) is 0 Å². The number of pyridine rings is 1. The first-order chi connectivity index (χ1) is 7.60. The first-order valence-corrected chi connectivity index (χ1v) is 5.90. The minimum atomic E-state index is 0.161. The summed E-state index contributed by atoms with van der Waals surface area (Å²) in [5.41, 5.74) is 5.71. The zero-order chi connectivity index (χ0) is 11.6. The second-order valence-electron chi connectivity index (χ2n) is 4.27. The zero-order valence-corrected chi connectivity index (χ0v) is 10.4. The molecule has 86 valence electrons. The summed E-state index contributed by atoms with van der Waals surface area (Å²) in [6, 6.07) is 1.76. The van der Waals surface area contributed by atoms with Gasteiger partial charge in [-0.2, -0.15) is 0 Å². The van der Waals surface area contributed by atoms with E-state index in [2.05, 4.69) is 4.98 Å². The lowest BCUT2D eigenvalue weighted by molar-refractivity contribution is 0.238. The Morgan fingerprint density at radius 1 is 1.56 bits per heavy atom. The van der Waals surface area contributed by atoms with Gasteiger partial charge in [-0.3, -0.25) is 4.98 Å². The number of hydrogen-bond acceptors (Lipinski definition) is 3. The summed E-state index contributed by atoms with van der Waals surface area (Å²) in [5.74, 6) is 0.696. The number of nitrogens with two attached hydrogens (primary N) is 1. The van der Waals surface area contributed by atoms with Crippen LogP contribution in [-0.2, 0) is 0 Å². The molecule has 0 spiro atoms. The zero-order valence-electron chi connectivity index (χ0n) is 8.78. The van der Waals surface area contributed by atoms with E-state index in [0.29, 0.717) is 22.4 Å². The summed E-state index contributed by atoms with van der Waals surface area (Å²) >= 11 is 10.7. The maximum Gasteiger partial charge on any atom is 0.139 e. The van der Waals surface area contributed by atoms with E-state index in [1.54, 1.807) is 18.5 Å². The third-order valence-electron chi connectivity index (χ3n) is 2.73. The fourth-order valence-electron chi connectivity index (χ4n) is 1.63. The molecular formula is C11H13ClN2OS. The molecule has 0 unspecified atom stereocenters. The monoisotopic (exact) mass is 256 g/mol. The average Bonchev–Trinajstić information content (AvgIpc) is 2.95. The Hall–Kier alpha value is -0.870. The predicted molar refractivity (Wildman–Crippen MR) is 67.8 cm³/mol. The molecule has 0 aliphatic heterocycles. The molecule has 1 aliphatic carbocycles. The van der Waals surface area contributed by atoms with Gasteiger partial charge in [-0.1, -0.05) is 23.8 Å². The number of nitrogens with zero attached hydrogens (tertiary/aromatic N) is 1. The smallest absolute Gasteiger partial charge is 0.139 e. The van der Waals surface area contributed by atoms with Gasteiger partial charge in [0.05, 0.1) is 22.8 Å². The third-order valence-corrected chi connectivity index (χ3v) is 3.08. The summed E-state index contributed by atoms with van der Waals surface area (Å²) in [5, 5.41) is 0.580. The van der Waals surface area contributed by atoms with E-state index in [4.69, 9.17) is 34.3 Å². The van der Waals surface area contributed by atoms with Gasteiger partial charge in [0, 0.05) is 24.1 Å². The van der Waals surface area contributed by atoms with Gasteiger partial charge < -0.3 is 10.5 Å². The fraction of sp³-hybridized carbons (Fsp3) is 0.455. The Labute approximate surface area is 105 Å². The van der Waals surface area contributed by atoms with Gasteiger partial charge >= 0.3 is 0 Å². The SMILES string of the molecule is NC(=S)CC1(COc2cncc(Cl)c2)CC1. The Kier molecular flexibility index (Phi) is 3.30. The summed E-state index contributed by atoms with van der Waals surface area (Å²) in [6.07, 6.45) is 6.24. The molecule has 1 aromatic heterocycles. The molecule has 0 amide bonds. The van der Waals surface area contributed by atoms with Crippen molar-refractivity contribution in [2.24, 2.45) is 11.1 Å². The van der Waals surface area contributed by atoms with Gasteiger partial charge in [-0.25, -0.2) is 0 Å². The van der Waals surface area contributed by atoms with Crippen molar-refractivity contribution in [2.75, 3.05) is 6.61 Å². The minimum Gasteiger partial charge on any atom is -0.491 e. The van der Waals surface area contributed by atoms with Gasteiger partial charge in [0.25, 0.3) is 0 Å². The molecule has 0 atom stereocenters. The molecule has 2 rings (SSSR count). The van der Waals surface area contributed by atoms with E-state index >= 15 is 0 Å². The molecular weight excluding hydrogens is 244 g/mol. The highest BCUT2D eigenvalue weighted by molar-refractivity contribution is 7.80. The molecule has 1 saturated carbocycles. The van der Waals surface area contributed by atoms with Crippen LogP contribution in [0.3, 0.4) is 0 Å². The molecule has 1 aromatic rings. The van der Waals surface area contributed by atoms with E-state index in [9.17, 15) is 0 Å². The molecule has 1 fully saturated rings. The largest absolute Gasteiger partial charge is 0.491 e. The van der Waals surface area contributed by atoms with Gasteiger partial charge in [-0.05, 0) is 12.8 Å². The molecule has 0 bridgehead atoms. The van der Waals surface area contributed by atoms with E-state index in [1.165, 1.54) is 0 Å². The number of halogens is 1. The van der Waals surface area contributed by atoms with Crippen LogP contribution in [0.1, 0.15) is 19.3 Å². The van der Waals surface area contributed by atoms with Crippen LogP contribution >= 0.6 is 23.8 Å². The molecule has 1 aliphatic rings. The summed E-state index contributed by atoms with van der Waals surface area (Å²) in [4.78, 5) is 4.52. The molecule has 1 heterocycles. The standard InChI is InChI=1S/C11H13ClN2OS/c12-8-3-9(6-14-5-8)15-7-11(1-2-11)4-10(13)16/h3,5-6H,1-2,4,7H2,(H2,13,16). The second kappa shape index (κ2) is 4.55. The van der Waals surface area contributed by atoms with Crippen molar-refractivity contribution < 1.29 is 4.74 Å². The Morgan fingerprint density at radius 3 is 2.88 bits per heavy atom. The summed E-state index contributed by atoms with van der Waals surface area (Å²) in [6.45, 7) is 0.631. The quantitative estimate of drug-likeness (QED) is 0.823. The highest BCUT2D eigenvalue weighted by Gasteiger charge is 2.43. The highest BCUT2D eigenvalue weighted by atomic mass is 35.5. The van der Waals surface area contributed by atoms with E-state index in [0.717, 1.165) is 19.3 Å². The molecule has 2 N–H and O–H groups in total. The van der Waals surface area contributed by atoms with Crippen molar-refractivity contribution in [3.8, 4) is 5.75 Å². The lowest BCUT2D eigenvalue weighted by atomic mass is 10.0. The van der Waals surface area contributed by atoms with Crippen LogP contribution in [0.4, 0.5) is 0 Å². The Balaban J connectivity index is 1.90. The number of thiocarbonyl (C=S) groups is 1. The lowest BCUT2D eigenvalue weighted by Crippen LogP contribution is -2.21. The van der Waals surface area contributed by atoms with Crippen molar-refractivity contribution in [1.82, 2.24) is 4.98 Å². The van der Waals surface area contributed by atoms with Crippen LogP contribution < -0.4 is 10.5 Å². The molecule has 5 heteroatoms. The number of aromatic nitrogens is 1. The van der Waals surface area contributed by atoms with Crippen molar-refractivity contribution in [3.63, 3.8) is 0 Å². The molecule has 0 aromatic carbocycles. The highest BCUT2D eigenvalue weighted by Crippen LogP contribution is 2.49. The fourth-order valence-corrected chi connectivity index (χ4v) is 2.10. The van der Waals surface area contributed by atoms with E-state index < -0.39 is 0 Å². The lowest BCUT2D eigenvalue weighted by Gasteiger charge is -2.15. The van der Waals surface area contributed by atoms with Crippen molar-refractivity contribution in [3.05, 3.63) is 23.5 Å². The third kappa shape index (κ3) is 3.06. The molecule has 0 radical (unpaired) electrons. The maximum atomic E-state index is 5.81. The van der Waals surface area contributed by atoms with Gasteiger partial charge in [0.1, 0.15) is 5.75 Å². The van der Waals surface area contributed by atoms with Crippen molar-refractivity contribution in [2.45, 2.75) is 19.3 Å². The van der Waals surface area contributed by atoms with Crippen LogP contribution in [0, 0.1) is 5.41 Å². The molecule has 16 heavy (non-hydrogen) atoms. The average molecular weight is 257 g/mol. The molecule has 3 nitrogen and oxygen atoms in total. The van der Waals surface area contributed by atoms with Crippen molar-refractivity contribution in [1.29, 1.82) is 0 Å². The second-order valence-corrected chi connectivity index (χ2v) is 5.23. The van der Waals surface area contributed by atoms with E-state index in [1.807, 2.05) is 0 Å². The predicted octanol–water partition coefficient (Wildman–Crippen LogP) is 2.57. The first-order valence-electron chi connectivity index (χ1n) is 5.11. The maximum absolute atomic E-state index is 5.81. The Morgan fingerprint density at radius 2 is 2.31 bits per heavy atom. The first kappa shape index (κ1) is 11.6. The molecule has 0 saturated heterocycles. The van der Waals surface area contributed by atoms with Crippen molar-refractivity contribution >= 4 is 28.8 Å². The summed E-state index contributed by atoms with van der Waals surface area (Å²) < 4.78 is 5.65. The normalized spacial score (nSPS) is 16.8.